The number of hydrogen-bond donors (Lipinski definition) is 1. The largest absolute Gasteiger partial charge is 0.508 e. The molecule has 0 bridgehead atoms. The average Bonchev–Trinajstić information content (AvgIpc) is 3.05. The first-order valence-corrected chi connectivity index (χ1v) is 7.16. The summed E-state index contributed by atoms with van der Waals surface area (Å²) in [5.41, 5.74) is 4.88. The molecule has 0 spiro atoms. The molecule has 0 heterocycles. The molecule has 0 fully saturated rings. The van der Waals surface area contributed by atoms with E-state index in [2.05, 4.69) is 55.5 Å². The van der Waals surface area contributed by atoms with Gasteiger partial charge in [-0.05, 0) is 35.8 Å². The lowest BCUT2D eigenvalue weighted by Gasteiger charge is -2.16. The van der Waals surface area contributed by atoms with E-state index in [1.807, 2.05) is 18.2 Å². The van der Waals surface area contributed by atoms with Crippen molar-refractivity contribution < 1.29 is 5.11 Å². The molecule has 0 saturated carbocycles. The smallest absolute Gasteiger partial charge is 0.115 e. The van der Waals surface area contributed by atoms with E-state index in [0.29, 0.717) is 11.7 Å². The second kappa shape index (κ2) is 5.84. The third-order valence-electron chi connectivity index (χ3n) is 3.86. The molecule has 1 N–H and O–H groups in total. The van der Waals surface area contributed by atoms with Crippen molar-refractivity contribution in [2.45, 2.75) is 6.92 Å². The standard InChI is InChI=1S/C20H18O/c1-15(16-7-5-6-8-16)20(17-9-3-2-4-10-17)18-11-13-19(21)14-12-18/h2-14,16,21H,1H3. The number of phenols is 1. The Morgan fingerprint density at radius 3 is 2.00 bits per heavy atom. The topological polar surface area (TPSA) is 20.2 Å². The van der Waals surface area contributed by atoms with Crippen LogP contribution in [0.2, 0.25) is 0 Å². The van der Waals surface area contributed by atoms with Crippen molar-refractivity contribution in [1.29, 1.82) is 0 Å². The number of benzene rings is 2. The second-order valence-electron chi connectivity index (χ2n) is 5.27. The molecule has 2 aromatic carbocycles. The van der Waals surface area contributed by atoms with E-state index in [0.717, 1.165) is 5.56 Å². The molecule has 1 aliphatic rings. The van der Waals surface area contributed by atoms with Crippen molar-refractivity contribution in [3.63, 3.8) is 0 Å². The van der Waals surface area contributed by atoms with Crippen molar-refractivity contribution in [3.05, 3.63) is 95.6 Å². The zero-order valence-corrected chi connectivity index (χ0v) is 12.0. The van der Waals surface area contributed by atoms with Gasteiger partial charge in [0.1, 0.15) is 5.75 Å². The van der Waals surface area contributed by atoms with Crippen LogP contribution in [-0.4, -0.2) is 5.11 Å². The molecule has 2 aromatic rings. The molecule has 3 rings (SSSR count). The van der Waals surface area contributed by atoms with Gasteiger partial charge in [0.2, 0.25) is 0 Å². The molecule has 0 aromatic heterocycles. The fourth-order valence-corrected chi connectivity index (χ4v) is 2.74. The minimum atomic E-state index is 0.296. The number of aromatic hydroxyl groups is 1. The molecule has 0 atom stereocenters. The number of phenolic OH excluding ortho intramolecular Hbond substituents is 1. The Hall–Kier alpha value is -2.54. The van der Waals surface area contributed by atoms with Crippen LogP contribution in [0.15, 0.2) is 84.5 Å². The van der Waals surface area contributed by atoms with E-state index >= 15 is 0 Å². The third kappa shape index (κ3) is 2.82. The monoisotopic (exact) mass is 274 g/mol. The summed E-state index contributed by atoms with van der Waals surface area (Å²) in [6.07, 6.45) is 8.60. The van der Waals surface area contributed by atoms with Gasteiger partial charge in [-0.25, -0.2) is 0 Å². The van der Waals surface area contributed by atoms with Gasteiger partial charge in [0.05, 0.1) is 0 Å². The zero-order valence-electron chi connectivity index (χ0n) is 12.0. The highest BCUT2D eigenvalue weighted by Crippen LogP contribution is 2.33. The summed E-state index contributed by atoms with van der Waals surface area (Å²) in [6.45, 7) is 2.18. The van der Waals surface area contributed by atoms with Gasteiger partial charge in [0.15, 0.2) is 0 Å². The zero-order chi connectivity index (χ0) is 14.7. The quantitative estimate of drug-likeness (QED) is 0.839. The molecular formula is C20H18O. The summed E-state index contributed by atoms with van der Waals surface area (Å²) < 4.78 is 0. The summed E-state index contributed by atoms with van der Waals surface area (Å²) in [5.74, 6) is 0.637. The lowest BCUT2D eigenvalue weighted by atomic mass is 9.88. The Kier molecular flexibility index (Phi) is 3.74. The molecule has 0 saturated heterocycles. The predicted octanol–water partition coefficient (Wildman–Crippen LogP) is 4.96. The molecule has 1 aliphatic carbocycles. The van der Waals surface area contributed by atoms with Gasteiger partial charge in [-0.2, -0.15) is 0 Å². The van der Waals surface area contributed by atoms with E-state index in [9.17, 15) is 5.11 Å². The maximum Gasteiger partial charge on any atom is 0.115 e. The minimum absolute atomic E-state index is 0.296. The number of rotatable bonds is 3. The van der Waals surface area contributed by atoms with Crippen LogP contribution in [0.25, 0.3) is 5.57 Å². The van der Waals surface area contributed by atoms with Crippen molar-refractivity contribution >= 4 is 5.57 Å². The maximum absolute atomic E-state index is 9.52. The van der Waals surface area contributed by atoms with Crippen LogP contribution in [0.1, 0.15) is 18.1 Å². The van der Waals surface area contributed by atoms with Crippen molar-refractivity contribution in [1.82, 2.24) is 0 Å². The van der Waals surface area contributed by atoms with E-state index in [-0.39, 0.29) is 0 Å². The normalized spacial score (nSPS) is 15.3. The summed E-state index contributed by atoms with van der Waals surface area (Å²) >= 11 is 0. The summed E-state index contributed by atoms with van der Waals surface area (Å²) in [6, 6.07) is 17.8. The van der Waals surface area contributed by atoms with Crippen LogP contribution in [-0.2, 0) is 0 Å². The lowest BCUT2D eigenvalue weighted by Crippen LogP contribution is -1.99. The predicted molar refractivity (Wildman–Crippen MR) is 88.0 cm³/mol. The van der Waals surface area contributed by atoms with Crippen LogP contribution in [0.5, 0.6) is 5.75 Å². The highest BCUT2D eigenvalue weighted by Gasteiger charge is 2.14. The van der Waals surface area contributed by atoms with E-state index in [4.69, 9.17) is 0 Å². The SMILES string of the molecule is CC(=C(c1ccccc1)c1ccc(O)cc1)C1C=CC=C1. The molecule has 0 amide bonds. The Bertz CT molecular complexity index is 691. The first-order chi connectivity index (χ1) is 10.3. The van der Waals surface area contributed by atoms with Crippen molar-refractivity contribution in [2.24, 2.45) is 5.92 Å². The van der Waals surface area contributed by atoms with Crippen LogP contribution in [0.4, 0.5) is 0 Å². The van der Waals surface area contributed by atoms with Gasteiger partial charge < -0.3 is 5.11 Å². The van der Waals surface area contributed by atoms with Gasteiger partial charge in [-0.1, -0.05) is 72.3 Å². The van der Waals surface area contributed by atoms with E-state index in [1.165, 1.54) is 16.7 Å². The average molecular weight is 274 g/mol. The van der Waals surface area contributed by atoms with Gasteiger partial charge in [0, 0.05) is 5.92 Å². The fourth-order valence-electron chi connectivity index (χ4n) is 2.74. The van der Waals surface area contributed by atoms with Gasteiger partial charge >= 0.3 is 0 Å². The highest BCUT2D eigenvalue weighted by molar-refractivity contribution is 5.82. The summed E-state index contributed by atoms with van der Waals surface area (Å²) in [4.78, 5) is 0. The molecule has 0 aliphatic heterocycles. The third-order valence-corrected chi connectivity index (χ3v) is 3.86. The van der Waals surface area contributed by atoms with Crippen LogP contribution < -0.4 is 0 Å². The van der Waals surface area contributed by atoms with Crippen molar-refractivity contribution in [2.75, 3.05) is 0 Å². The fraction of sp³-hybridized carbons (Fsp3) is 0.100. The maximum atomic E-state index is 9.52. The van der Waals surface area contributed by atoms with Crippen LogP contribution in [0.3, 0.4) is 0 Å². The van der Waals surface area contributed by atoms with E-state index < -0.39 is 0 Å². The second-order valence-corrected chi connectivity index (χ2v) is 5.27. The van der Waals surface area contributed by atoms with Crippen molar-refractivity contribution in [3.8, 4) is 5.75 Å². The summed E-state index contributed by atoms with van der Waals surface area (Å²) in [5, 5.41) is 9.52. The minimum Gasteiger partial charge on any atom is -0.508 e. The van der Waals surface area contributed by atoms with Gasteiger partial charge in [-0.3, -0.25) is 0 Å². The first kappa shape index (κ1) is 13.4. The summed E-state index contributed by atoms with van der Waals surface area (Å²) in [7, 11) is 0. The molecule has 21 heavy (non-hydrogen) atoms. The Balaban J connectivity index is 2.15. The van der Waals surface area contributed by atoms with Gasteiger partial charge in [0.25, 0.3) is 0 Å². The highest BCUT2D eigenvalue weighted by atomic mass is 16.3. The molecular weight excluding hydrogens is 256 g/mol. The van der Waals surface area contributed by atoms with E-state index in [1.54, 1.807) is 12.1 Å². The Morgan fingerprint density at radius 1 is 0.810 bits per heavy atom. The molecule has 104 valence electrons. The van der Waals surface area contributed by atoms with Crippen LogP contribution >= 0.6 is 0 Å². The molecule has 0 unspecified atom stereocenters. The van der Waals surface area contributed by atoms with Gasteiger partial charge in [-0.15, -0.1) is 0 Å². The van der Waals surface area contributed by atoms with Crippen LogP contribution in [0, 0.1) is 5.92 Å². The first-order valence-electron chi connectivity index (χ1n) is 7.16. The number of allylic oxidation sites excluding steroid dienone is 5. The molecule has 1 heteroatoms. The molecule has 1 nitrogen and oxygen atoms in total. The lowest BCUT2D eigenvalue weighted by molar-refractivity contribution is 0.475. The molecule has 0 radical (unpaired) electrons. The Labute approximate surface area is 125 Å². The Morgan fingerprint density at radius 2 is 1.38 bits per heavy atom. The number of hydrogen-bond acceptors (Lipinski definition) is 1.